The topological polar surface area (TPSA) is 81.7 Å². The van der Waals surface area contributed by atoms with Crippen LogP contribution >= 0.6 is 0 Å². The highest BCUT2D eigenvalue weighted by Crippen LogP contribution is 2.30. The first-order valence-electron chi connectivity index (χ1n) is 6.75. The van der Waals surface area contributed by atoms with Gasteiger partial charge in [0, 0.05) is 5.92 Å². The van der Waals surface area contributed by atoms with Crippen molar-refractivity contribution in [3.05, 3.63) is 24.3 Å². The lowest BCUT2D eigenvalue weighted by Gasteiger charge is -2.37. The SMILES string of the molecule is CC[C@@H]1C=CC=CC1(NC(=O)OC(C)(C)C)OS(C)(=O)=O. The second kappa shape index (κ2) is 6.19. The number of carbonyl (C=O) groups excluding carboxylic acids is 1. The number of rotatable bonds is 4. The number of hydrogen-bond donors (Lipinski definition) is 1. The van der Waals surface area contributed by atoms with E-state index >= 15 is 0 Å². The Balaban J connectivity index is 3.06. The van der Waals surface area contributed by atoms with Gasteiger partial charge < -0.3 is 4.74 Å². The molecule has 0 aromatic heterocycles. The number of hydrogen-bond acceptors (Lipinski definition) is 5. The third-order valence-corrected chi connectivity index (χ3v) is 3.35. The largest absolute Gasteiger partial charge is 0.444 e. The summed E-state index contributed by atoms with van der Waals surface area (Å²) in [6.07, 6.45) is 7.54. The van der Waals surface area contributed by atoms with Crippen LogP contribution in [0.25, 0.3) is 0 Å². The zero-order valence-electron chi connectivity index (χ0n) is 13.0. The van der Waals surface area contributed by atoms with E-state index in [-0.39, 0.29) is 5.92 Å². The van der Waals surface area contributed by atoms with Gasteiger partial charge in [0.15, 0.2) is 5.72 Å². The van der Waals surface area contributed by atoms with E-state index in [9.17, 15) is 13.2 Å². The van der Waals surface area contributed by atoms with Crippen LogP contribution in [-0.2, 0) is 19.0 Å². The Morgan fingerprint density at radius 3 is 2.43 bits per heavy atom. The van der Waals surface area contributed by atoms with E-state index in [0.29, 0.717) is 6.42 Å². The van der Waals surface area contributed by atoms with Crippen molar-refractivity contribution in [2.45, 2.75) is 45.4 Å². The molecule has 1 rings (SSSR count). The van der Waals surface area contributed by atoms with Gasteiger partial charge in [-0.3, -0.25) is 5.32 Å². The Labute approximate surface area is 126 Å². The number of carbonyl (C=O) groups is 1. The lowest BCUT2D eigenvalue weighted by Crippen LogP contribution is -2.56. The van der Waals surface area contributed by atoms with E-state index in [1.807, 2.05) is 6.92 Å². The van der Waals surface area contributed by atoms with Crippen LogP contribution in [-0.4, -0.2) is 32.1 Å². The monoisotopic (exact) mass is 317 g/mol. The highest BCUT2D eigenvalue weighted by atomic mass is 32.2. The van der Waals surface area contributed by atoms with E-state index in [1.165, 1.54) is 6.08 Å². The van der Waals surface area contributed by atoms with Crippen LogP contribution in [0.2, 0.25) is 0 Å². The zero-order chi connectivity index (χ0) is 16.3. The fraction of sp³-hybridized carbons (Fsp3) is 0.643. The molecule has 0 heterocycles. The van der Waals surface area contributed by atoms with Crippen molar-refractivity contribution in [1.29, 1.82) is 0 Å². The van der Waals surface area contributed by atoms with E-state index in [1.54, 1.807) is 39.0 Å². The lowest BCUT2D eigenvalue weighted by atomic mass is 9.89. The molecule has 1 N–H and O–H groups in total. The molecule has 7 heteroatoms. The molecular weight excluding hydrogens is 294 g/mol. The molecule has 0 bridgehead atoms. The molecule has 6 nitrogen and oxygen atoms in total. The molecule has 0 saturated carbocycles. The molecule has 0 saturated heterocycles. The maximum Gasteiger partial charge on any atom is 0.410 e. The van der Waals surface area contributed by atoms with E-state index in [4.69, 9.17) is 8.92 Å². The Morgan fingerprint density at radius 2 is 1.95 bits per heavy atom. The fourth-order valence-corrected chi connectivity index (χ4v) is 2.78. The summed E-state index contributed by atoms with van der Waals surface area (Å²) in [5.74, 6) is -0.315. The van der Waals surface area contributed by atoms with E-state index < -0.39 is 27.5 Å². The van der Waals surface area contributed by atoms with Gasteiger partial charge in [0.1, 0.15) is 5.60 Å². The van der Waals surface area contributed by atoms with Crippen molar-refractivity contribution >= 4 is 16.2 Å². The van der Waals surface area contributed by atoms with Gasteiger partial charge in [-0.05, 0) is 33.3 Å². The molecule has 1 aliphatic rings. The molecule has 0 aromatic carbocycles. The van der Waals surface area contributed by atoms with Crippen LogP contribution in [0.1, 0.15) is 34.1 Å². The summed E-state index contributed by atoms with van der Waals surface area (Å²) in [4.78, 5) is 12.0. The highest BCUT2D eigenvalue weighted by Gasteiger charge is 2.42. The summed E-state index contributed by atoms with van der Waals surface area (Å²) in [6.45, 7) is 7.06. The van der Waals surface area contributed by atoms with Gasteiger partial charge in [0.05, 0.1) is 6.26 Å². The van der Waals surface area contributed by atoms with Crippen LogP contribution in [0, 0.1) is 5.92 Å². The molecule has 0 spiro atoms. The van der Waals surface area contributed by atoms with Gasteiger partial charge in [0.2, 0.25) is 0 Å². The molecule has 0 fully saturated rings. The summed E-state index contributed by atoms with van der Waals surface area (Å²) in [5.41, 5.74) is -2.15. The molecule has 1 aliphatic carbocycles. The van der Waals surface area contributed by atoms with Crippen molar-refractivity contribution in [2.75, 3.05) is 6.26 Å². The lowest BCUT2D eigenvalue weighted by molar-refractivity contribution is 0.00888. The average Bonchev–Trinajstić information content (AvgIpc) is 2.23. The fourth-order valence-electron chi connectivity index (χ4n) is 2.06. The van der Waals surface area contributed by atoms with Crippen LogP contribution in [0.3, 0.4) is 0 Å². The van der Waals surface area contributed by atoms with E-state index in [2.05, 4.69) is 5.32 Å². The van der Waals surface area contributed by atoms with Crippen molar-refractivity contribution in [3.8, 4) is 0 Å². The number of nitrogens with one attached hydrogen (secondary N) is 1. The van der Waals surface area contributed by atoms with Crippen molar-refractivity contribution in [3.63, 3.8) is 0 Å². The number of amides is 1. The van der Waals surface area contributed by atoms with E-state index in [0.717, 1.165) is 6.26 Å². The molecule has 0 radical (unpaired) electrons. The minimum atomic E-state index is -3.77. The quantitative estimate of drug-likeness (QED) is 0.636. The Bertz CT molecular complexity index is 544. The summed E-state index contributed by atoms with van der Waals surface area (Å²) >= 11 is 0. The smallest absolute Gasteiger partial charge is 0.410 e. The molecule has 21 heavy (non-hydrogen) atoms. The van der Waals surface area contributed by atoms with Gasteiger partial charge >= 0.3 is 6.09 Å². The molecule has 0 aromatic rings. The summed E-state index contributed by atoms with van der Waals surface area (Å²) < 4.78 is 33.5. The normalized spacial score (nSPS) is 25.7. The second-order valence-corrected chi connectivity index (χ2v) is 7.54. The number of allylic oxidation sites excluding steroid dienone is 2. The van der Waals surface area contributed by atoms with Crippen molar-refractivity contribution < 1.29 is 22.1 Å². The second-order valence-electron chi connectivity index (χ2n) is 5.97. The van der Waals surface area contributed by atoms with Crippen molar-refractivity contribution in [2.24, 2.45) is 5.92 Å². The third kappa shape index (κ3) is 5.51. The molecule has 0 aliphatic heterocycles. The van der Waals surface area contributed by atoms with Gasteiger partial charge in [0.25, 0.3) is 10.1 Å². The zero-order valence-corrected chi connectivity index (χ0v) is 13.9. The van der Waals surface area contributed by atoms with Crippen LogP contribution in [0.5, 0.6) is 0 Å². The summed E-state index contributed by atoms with van der Waals surface area (Å²) in [5, 5.41) is 2.55. The average molecular weight is 317 g/mol. The predicted molar refractivity (Wildman–Crippen MR) is 80.1 cm³/mol. The van der Waals surface area contributed by atoms with Gasteiger partial charge in [-0.25, -0.2) is 8.98 Å². The molecule has 120 valence electrons. The molecule has 2 atom stereocenters. The Kier molecular flexibility index (Phi) is 5.22. The number of ether oxygens (including phenoxy) is 1. The highest BCUT2D eigenvalue weighted by molar-refractivity contribution is 7.86. The maximum absolute atomic E-state index is 12.0. The first kappa shape index (κ1) is 17.7. The maximum atomic E-state index is 12.0. The van der Waals surface area contributed by atoms with Gasteiger partial charge in [-0.1, -0.05) is 25.2 Å². The molecular formula is C14H23NO5S. The van der Waals surface area contributed by atoms with Gasteiger partial charge in [-0.15, -0.1) is 0 Å². The Morgan fingerprint density at radius 1 is 1.33 bits per heavy atom. The van der Waals surface area contributed by atoms with Crippen molar-refractivity contribution in [1.82, 2.24) is 5.32 Å². The minimum Gasteiger partial charge on any atom is -0.444 e. The summed E-state index contributed by atoms with van der Waals surface area (Å²) in [7, 11) is -3.77. The Hall–Kier alpha value is -1.34. The number of alkyl carbamates (subject to hydrolysis) is 1. The molecule has 1 amide bonds. The van der Waals surface area contributed by atoms with Crippen LogP contribution in [0.4, 0.5) is 4.79 Å². The molecule has 1 unspecified atom stereocenters. The standard InChI is InChI=1S/C14H23NO5S/c1-6-11-9-7-8-10-14(11,20-21(5,17)18)15-12(16)19-13(2,3)4/h7-11H,6H2,1-5H3,(H,15,16)/t11-,14?/m1/s1. The van der Waals surface area contributed by atoms with Gasteiger partial charge in [-0.2, -0.15) is 8.42 Å². The summed E-state index contributed by atoms with van der Waals surface area (Å²) in [6, 6.07) is 0. The van der Waals surface area contributed by atoms with Crippen LogP contribution < -0.4 is 5.32 Å². The van der Waals surface area contributed by atoms with Crippen LogP contribution in [0.15, 0.2) is 24.3 Å². The third-order valence-electron chi connectivity index (χ3n) is 2.77. The first-order chi connectivity index (χ1) is 9.47. The first-order valence-corrected chi connectivity index (χ1v) is 8.57. The predicted octanol–water partition coefficient (Wildman–Crippen LogP) is 2.34. The minimum absolute atomic E-state index is 0.315.